The van der Waals surface area contributed by atoms with Gasteiger partial charge in [0.1, 0.15) is 7.85 Å². The fourth-order valence-electron chi connectivity index (χ4n) is 1.43. The highest BCUT2D eigenvalue weighted by molar-refractivity contribution is 6.38. The van der Waals surface area contributed by atoms with E-state index in [9.17, 15) is 0 Å². The van der Waals surface area contributed by atoms with Crippen LogP contribution >= 0.6 is 0 Å². The molecule has 0 bridgehead atoms. The third-order valence-corrected chi connectivity index (χ3v) is 1.96. The predicted molar refractivity (Wildman–Crippen MR) is 48.9 cm³/mol. The van der Waals surface area contributed by atoms with E-state index in [1.54, 1.807) is 0 Å². The Morgan fingerprint density at radius 2 is 2.27 bits per heavy atom. The Balaban J connectivity index is 2.96. The number of aromatic nitrogens is 2. The summed E-state index contributed by atoms with van der Waals surface area (Å²) >= 11 is 0. The number of fused-ring (bicyclic) bond motifs is 1. The molecule has 54 valence electrons. The van der Waals surface area contributed by atoms with Crippen LogP contribution < -0.4 is 5.46 Å². The Hall–Kier alpha value is -1.25. The van der Waals surface area contributed by atoms with Crippen LogP contribution in [0, 0.1) is 0 Å². The lowest BCUT2D eigenvalue weighted by atomic mass is 9.94. The summed E-state index contributed by atoms with van der Waals surface area (Å²) in [6, 6.07) is 6.23. The van der Waals surface area contributed by atoms with Crippen LogP contribution in [-0.4, -0.2) is 17.6 Å². The molecule has 3 heteroatoms. The van der Waals surface area contributed by atoms with Gasteiger partial charge >= 0.3 is 0 Å². The van der Waals surface area contributed by atoms with Gasteiger partial charge in [-0.25, -0.2) is 0 Å². The van der Waals surface area contributed by atoms with Crippen LogP contribution in [-0.2, 0) is 7.05 Å². The first-order valence-electron chi connectivity index (χ1n) is 3.66. The van der Waals surface area contributed by atoms with Gasteiger partial charge in [0, 0.05) is 12.4 Å². The van der Waals surface area contributed by atoms with Gasteiger partial charge < -0.3 is 0 Å². The predicted octanol–water partition coefficient (Wildman–Crippen LogP) is -0.168. The summed E-state index contributed by atoms with van der Waals surface area (Å²) in [4.78, 5) is 0. The topological polar surface area (TPSA) is 17.8 Å². The first-order chi connectivity index (χ1) is 5.29. The molecule has 0 saturated carbocycles. The maximum absolute atomic E-state index is 4.17. The zero-order chi connectivity index (χ0) is 7.84. The molecule has 1 aromatic heterocycles. The summed E-state index contributed by atoms with van der Waals surface area (Å²) in [5.74, 6) is 0. The van der Waals surface area contributed by atoms with Crippen LogP contribution in [0.5, 0.6) is 0 Å². The molecule has 1 heterocycles. The first kappa shape index (κ1) is 6.46. The summed E-state index contributed by atoms with van der Waals surface area (Å²) < 4.78 is 1.91. The SMILES string of the molecule is Bc1cccc2cnn(C)c12. The highest BCUT2D eigenvalue weighted by Crippen LogP contribution is 2.07. The zero-order valence-electron chi connectivity index (χ0n) is 6.70. The molecule has 0 aliphatic rings. The minimum atomic E-state index is 1.22. The average molecular weight is 144 g/mol. The van der Waals surface area contributed by atoms with Crippen LogP contribution in [0.2, 0.25) is 0 Å². The molecule has 0 aliphatic carbocycles. The van der Waals surface area contributed by atoms with Crippen molar-refractivity contribution in [3.05, 3.63) is 24.4 Å². The van der Waals surface area contributed by atoms with Crippen LogP contribution in [0.1, 0.15) is 0 Å². The second-order valence-corrected chi connectivity index (χ2v) is 2.78. The molecule has 2 rings (SSSR count). The fourth-order valence-corrected chi connectivity index (χ4v) is 1.43. The van der Waals surface area contributed by atoms with Crippen LogP contribution in [0.3, 0.4) is 0 Å². The third-order valence-electron chi connectivity index (χ3n) is 1.96. The lowest BCUT2D eigenvalue weighted by Gasteiger charge is -1.97. The smallest absolute Gasteiger partial charge is 0.142 e. The van der Waals surface area contributed by atoms with Crippen LogP contribution in [0.15, 0.2) is 24.4 Å². The van der Waals surface area contributed by atoms with Gasteiger partial charge in [-0.15, -0.1) is 0 Å². The first-order valence-corrected chi connectivity index (χ1v) is 3.66. The van der Waals surface area contributed by atoms with Gasteiger partial charge in [-0.05, 0) is 0 Å². The number of aryl methyl sites for hydroxylation is 1. The highest BCUT2D eigenvalue weighted by atomic mass is 15.2. The van der Waals surface area contributed by atoms with E-state index in [0.717, 1.165) is 0 Å². The summed E-state index contributed by atoms with van der Waals surface area (Å²) in [5.41, 5.74) is 2.51. The van der Waals surface area contributed by atoms with Crippen molar-refractivity contribution in [2.24, 2.45) is 7.05 Å². The maximum atomic E-state index is 4.17. The number of para-hydroxylation sites is 1. The number of benzene rings is 1. The van der Waals surface area contributed by atoms with Crippen molar-refractivity contribution < 1.29 is 0 Å². The Labute approximate surface area is 66.2 Å². The van der Waals surface area contributed by atoms with E-state index in [2.05, 4.69) is 31.1 Å². The summed E-state index contributed by atoms with van der Waals surface area (Å²) in [7, 11) is 4.07. The van der Waals surface area contributed by atoms with Gasteiger partial charge in [0.05, 0.1) is 11.7 Å². The standard InChI is InChI=1S/C8H9BN2/c1-11-8-6(5-10-11)3-2-4-7(8)9/h2-5H,9H2,1H3. The van der Waals surface area contributed by atoms with Crippen molar-refractivity contribution in [3.8, 4) is 0 Å². The highest BCUT2D eigenvalue weighted by Gasteiger charge is 1.99. The zero-order valence-corrected chi connectivity index (χ0v) is 6.70. The van der Waals surface area contributed by atoms with Crippen molar-refractivity contribution in [1.82, 2.24) is 9.78 Å². The van der Waals surface area contributed by atoms with Gasteiger partial charge in [0.25, 0.3) is 0 Å². The summed E-state index contributed by atoms with van der Waals surface area (Å²) in [5, 5.41) is 5.39. The molecular formula is C8H9BN2. The maximum Gasteiger partial charge on any atom is 0.142 e. The summed E-state index contributed by atoms with van der Waals surface area (Å²) in [6.45, 7) is 0. The van der Waals surface area contributed by atoms with E-state index < -0.39 is 0 Å². The van der Waals surface area contributed by atoms with Crippen LogP contribution in [0.25, 0.3) is 10.9 Å². The van der Waals surface area contributed by atoms with E-state index in [1.165, 1.54) is 16.4 Å². The molecule has 0 atom stereocenters. The van der Waals surface area contributed by atoms with Gasteiger partial charge in [-0.1, -0.05) is 23.7 Å². The second kappa shape index (κ2) is 2.12. The van der Waals surface area contributed by atoms with Crippen LogP contribution in [0.4, 0.5) is 0 Å². The Morgan fingerprint density at radius 1 is 1.45 bits per heavy atom. The van der Waals surface area contributed by atoms with Gasteiger partial charge in [-0.3, -0.25) is 4.68 Å². The Morgan fingerprint density at radius 3 is 3.00 bits per heavy atom. The van der Waals surface area contributed by atoms with E-state index in [1.807, 2.05) is 17.9 Å². The van der Waals surface area contributed by atoms with Gasteiger partial charge in [0.2, 0.25) is 0 Å². The number of hydrogen-bond acceptors (Lipinski definition) is 1. The molecule has 0 aliphatic heterocycles. The van der Waals surface area contributed by atoms with E-state index >= 15 is 0 Å². The average Bonchev–Trinajstić information content (AvgIpc) is 2.34. The van der Waals surface area contributed by atoms with Gasteiger partial charge in [-0.2, -0.15) is 5.10 Å². The van der Waals surface area contributed by atoms with Crippen molar-refractivity contribution in [3.63, 3.8) is 0 Å². The molecule has 0 saturated heterocycles. The van der Waals surface area contributed by atoms with E-state index in [-0.39, 0.29) is 0 Å². The molecule has 0 fully saturated rings. The Bertz CT molecular complexity index is 392. The molecule has 0 radical (unpaired) electrons. The van der Waals surface area contributed by atoms with E-state index in [0.29, 0.717) is 0 Å². The van der Waals surface area contributed by atoms with Crippen molar-refractivity contribution >= 4 is 24.2 Å². The monoisotopic (exact) mass is 144 g/mol. The van der Waals surface area contributed by atoms with Crippen molar-refractivity contribution in [2.75, 3.05) is 0 Å². The van der Waals surface area contributed by atoms with Crippen molar-refractivity contribution in [1.29, 1.82) is 0 Å². The fraction of sp³-hybridized carbons (Fsp3) is 0.125. The molecule has 11 heavy (non-hydrogen) atoms. The van der Waals surface area contributed by atoms with E-state index in [4.69, 9.17) is 0 Å². The Kier molecular flexibility index (Phi) is 1.25. The molecule has 2 nitrogen and oxygen atoms in total. The molecule has 0 unspecified atom stereocenters. The third kappa shape index (κ3) is 0.844. The molecule has 0 amide bonds. The minimum Gasteiger partial charge on any atom is -0.269 e. The normalized spacial score (nSPS) is 10.6. The number of nitrogens with zero attached hydrogens (tertiary/aromatic N) is 2. The van der Waals surface area contributed by atoms with Crippen molar-refractivity contribution in [2.45, 2.75) is 0 Å². The second-order valence-electron chi connectivity index (χ2n) is 2.78. The molecular weight excluding hydrogens is 135 g/mol. The lowest BCUT2D eigenvalue weighted by molar-refractivity contribution is 0.798. The summed E-state index contributed by atoms with van der Waals surface area (Å²) in [6.07, 6.45) is 1.89. The molecule has 0 spiro atoms. The number of rotatable bonds is 0. The molecule has 0 N–H and O–H groups in total. The quantitative estimate of drug-likeness (QED) is 0.469. The lowest BCUT2D eigenvalue weighted by Crippen LogP contribution is -2.06. The molecule has 1 aromatic carbocycles. The molecule has 2 aromatic rings. The largest absolute Gasteiger partial charge is 0.269 e. The minimum absolute atomic E-state index is 1.22. The number of hydrogen-bond donors (Lipinski definition) is 0. The van der Waals surface area contributed by atoms with Gasteiger partial charge in [0.15, 0.2) is 0 Å².